The molecule has 1 aliphatic rings. The molecule has 1 atom stereocenters. The van der Waals surface area contributed by atoms with E-state index in [1.807, 2.05) is 0 Å². The van der Waals surface area contributed by atoms with Crippen LogP contribution < -0.4 is 5.32 Å². The summed E-state index contributed by atoms with van der Waals surface area (Å²) in [5.74, 6) is 0. The predicted octanol–water partition coefficient (Wildman–Crippen LogP) is 2.05. The Morgan fingerprint density at radius 3 is 2.53 bits per heavy atom. The minimum atomic E-state index is 0.0594. The van der Waals surface area contributed by atoms with Crippen LogP contribution in [0.4, 0.5) is 0 Å². The zero-order chi connectivity index (χ0) is 14.2. The number of piperazine rings is 1. The SMILES string of the molecule is Cc1nn(C(C)(C)C)c(C)c1CN1CCN[C@@H](C)C1. The van der Waals surface area contributed by atoms with E-state index in [0.717, 1.165) is 26.2 Å². The van der Waals surface area contributed by atoms with Gasteiger partial charge in [0.25, 0.3) is 0 Å². The second-order valence-electron chi connectivity index (χ2n) is 6.82. The maximum Gasteiger partial charge on any atom is 0.0641 e. The van der Waals surface area contributed by atoms with E-state index in [1.165, 1.54) is 17.0 Å². The van der Waals surface area contributed by atoms with Crippen molar-refractivity contribution in [1.82, 2.24) is 20.0 Å². The van der Waals surface area contributed by atoms with E-state index in [-0.39, 0.29) is 5.54 Å². The molecule has 0 amide bonds. The minimum Gasteiger partial charge on any atom is -0.312 e. The molecule has 1 saturated heterocycles. The second kappa shape index (κ2) is 5.25. The summed E-state index contributed by atoms with van der Waals surface area (Å²) in [5.41, 5.74) is 3.96. The van der Waals surface area contributed by atoms with Gasteiger partial charge in [-0.3, -0.25) is 9.58 Å². The van der Waals surface area contributed by atoms with Crippen LogP contribution in [0.25, 0.3) is 0 Å². The Kier molecular flexibility index (Phi) is 4.02. The van der Waals surface area contributed by atoms with Crippen LogP contribution in [-0.2, 0) is 12.1 Å². The fourth-order valence-corrected chi connectivity index (χ4v) is 2.94. The van der Waals surface area contributed by atoms with Crippen LogP contribution >= 0.6 is 0 Å². The third-order valence-corrected chi connectivity index (χ3v) is 3.91. The summed E-state index contributed by atoms with van der Waals surface area (Å²) in [6, 6.07) is 0.590. The van der Waals surface area contributed by atoms with Crippen molar-refractivity contribution < 1.29 is 0 Å². The summed E-state index contributed by atoms with van der Waals surface area (Å²) in [5, 5.41) is 8.23. The number of nitrogens with one attached hydrogen (secondary N) is 1. The Hall–Kier alpha value is -0.870. The van der Waals surface area contributed by atoms with E-state index >= 15 is 0 Å². The fourth-order valence-electron chi connectivity index (χ4n) is 2.94. The molecule has 0 unspecified atom stereocenters. The lowest BCUT2D eigenvalue weighted by molar-refractivity contribution is 0.199. The van der Waals surface area contributed by atoms with Crippen LogP contribution in [0.5, 0.6) is 0 Å². The number of hydrogen-bond donors (Lipinski definition) is 1. The van der Waals surface area contributed by atoms with Crippen molar-refractivity contribution in [3.8, 4) is 0 Å². The Morgan fingerprint density at radius 1 is 1.32 bits per heavy atom. The van der Waals surface area contributed by atoms with Gasteiger partial charge in [-0.25, -0.2) is 0 Å². The molecule has 108 valence electrons. The molecular weight excluding hydrogens is 236 g/mol. The Balaban J connectivity index is 2.19. The van der Waals surface area contributed by atoms with E-state index in [1.54, 1.807) is 0 Å². The summed E-state index contributed by atoms with van der Waals surface area (Å²) in [6.07, 6.45) is 0. The van der Waals surface area contributed by atoms with Gasteiger partial charge in [0.15, 0.2) is 0 Å². The predicted molar refractivity (Wildman–Crippen MR) is 79.4 cm³/mol. The molecule has 1 aliphatic heterocycles. The summed E-state index contributed by atoms with van der Waals surface area (Å²) in [7, 11) is 0. The van der Waals surface area contributed by atoms with Crippen LogP contribution in [0.2, 0.25) is 0 Å². The molecule has 1 aromatic heterocycles. The van der Waals surface area contributed by atoms with E-state index in [4.69, 9.17) is 5.10 Å². The Labute approximate surface area is 117 Å². The molecule has 0 aliphatic carbocycles. The lowest BCUT2D eigenvalue weighted by atomic mass is 10.1. The fraction of sp³-hybridized carbons (Fsp3) is 0.800. The molecule has 2 heterocycles. The van der Waals surface area contributed by atoms with Gasteiger partial charge in [0.05, 0.1) is 11.2 Å². The van der Waals surface area contributed by atoms with Gasteiger partial charge < -0.3 is 5.32 Å². The second-order valence-corrected chi connectivity index (χ2v) is 6.82. The molecule has 1 aromatic rings. The molecule has 1 N–H and O–H groups in total. The van der Waals surface area contributed by atoms with Crippen molar-refractivity contribution in [2.24, 2.45) is 0 Å². The third-order valence-electron chi connectivity index (χ3n) is 3.91. The molecule has 2 rings (SSSR count). The number of rotatable bonds is 2. The highest BCUT2D eigenvalue weighted by Crippen LogP contribution is 2.22. The molecule has 0 saturated carbocycles. The first-order valence-electron chi connectivity index (χ1n) is 7.30. The average Bonchev–Trinajstić information content (AvgIpc) is 2.57. The van der Waals surface area contributed by atoms with E-state index in [9.17, 15) is 0 Å². The molecule has 0 radical (unpaired) electrons. The van der Waals surface area contributed by atoms with Crippen LogP contribution in [0.15, 0.2) is 0 Å². The van der Waals surface area contributed by atoms with E-state index in [2.05, 4.69) is 56.4 Å². The molecule has 4 nitrogen and oxygen atoms in total. The highest BCUT2D eigenvalue weighted by molar-refractivity contribution is 5.25. The molecule has 4 heteroatoms. The smallest absolute Gasteiger partial charge is 0.0641 e. The maximum atomic E-state index is 4.74. The van der Waals surface area contributed by atoms with Crippen molar-refractivity contribution in [3.63, 3.8) is 0 Å². The van der Waals surface area contributed by atoms with Crippen molar-refractivity contribution in [3.05, 3.63) is 17.0 Å². The summed E-state index contributed by atoms with van der Waals surface area (Å²) >= 11 is 0. The molecule has 0 spiro atoms. The van der Waals surface area contributed by atoms with Gasteiger partial charge in [-0.15, -0.1) is 0 Å². The molecular formula is C15H28N4. The molecule has 1 fully saturated rings. The van der Waals surface area contributed by atoms with Crippen LogP contribution in [0, 0.1) is 13.8 Å². The van der Waals surface area contributed by atoms with Gasteiger partial charge in [0.1, 0.15) is 0 Å². The zero-order valence-electron chi connectivity index (χ0n) is 13.2. The number of aryl methyl sites for hydroxylation is 1. The van der Waals surface area contributed by atoms with Crippen LogP contribution in [0.3, 0.4) is 0 Å². The molecule has 19 heavy (non-hydrogen) atoms. The van der Waals surface area contributed by atoms with Gasteiger partial charge in [-0.1, -0.05) is 0 Å². The monoisotopic (exact) mass is 264 g/mol. The average molecular weight is 264 g/mol. The highest BCUT2D eigenvalue weighted by Gasteiger charge is 2.23. The van der Waals surface area contributed by atoms with E-state index < -0.39 is 0 Å². The number of hydrogen-bond acceptors (Lipinski definition) is 3. The standard InChI is InChI=1S/C15H28N4/c1-11-9-18(8-7-16-11)10-14-12(2)17-19(13(14)3)15(4,5)6/h11,16H,7-10H2,1-6H3/t11-/m0/s1. The van der Waals surface area contributed by atoms with Gasteiger partial charge >= 0.3 is 0 Å². The lowest BCUT2D eigenvalue weighted by Gasteiger charge is -2.32. The first-order chi connectivity index (χ1) is 8.79. The quantitative estimate of drug-likeness (QED) is 0.887. The van der Waals surface area contributed by atoms with Gasteiger partial charge in [-0.05, 0) is 41.5 Å². The van der Waals surface area contributed by atoms with Gasteiger partial charge in [0.2, 0.25) is 0 Å². The van der Waals surface area contributed by atoms with Crippen molar-refractivity contribution in [2.45, 2.75) is 59.7 Å². The zero-order valence-corrected chi connectivity index (χ0v) is 13.2. The largest absolute Gasteiger partial charge is 0.312 e. The first-order valence-corrected chi connectivity index (χ1v) is 7.30. The van der Waals surface area contributed by atoms with Crippen LogP contribution in [0.1, 0.15) is 44.6 Å². The first kappa shape index (κ1) is 14.5. The normalized spacial score (nSPS) is 21.9. The van der Waals surface area contributed by atoms with E-state index in [0.29, 0.717) is 6.04 Å². The Morgan fingerprint density at radius 2 is 2.00 bits per heavy atom. The van der Waals surface area contributed by atoms with Crippen molar-refractivity contribution in [2.75, 3.05) is 19.6 Å². The topological polar surface area (TPSA) is 33.1 Å². The lowest BCUT2D eigenvalue weighted by Crippen LogP contribution is -2.48. The summed E-state index contributed by atoms with van der Waals surface area (Å²) in [4.78, 5) is 2.53. The minimum absolute atomic E-state index is 0.0594. The summed E-state index contributed by atoms with van der Waals surface area (Å²) < 4.78 is 2.17. The molecule has 0 aromatic carbocycles. The molecule has 0 bridgehead atoms. The van der Waals surface area contributed by atoms with Gasteiger partial charge in [-0.2, -0.15) is 5.10 Å². The van der Waals surface area contributed by atoms with Gasteiger partial charge in [0, 0.05) is 43.5 Å². The van der Waals surface area contributed by atoms with Crippen molar-refractivity contribution in [1.29, 1.82) is 0 Å². The summed E-state index contributed by atoms with van der Waals surface area (Å²) in [6.45, 7) is 17.6. The Bertz CT molecular complexity index is 442. The highest BCUT2D eigenvalue weighted by atomic mass is 15.3. The maximum absolute atomic E-state index is 4.74. The van der Waals surface area contributed by atoms with Crippen molar-refractivity contribution >= 4 is 0 Å². The number of nitrogens with zero attached hydrogens (tertiary/aromatic N) is 3. The number of aromatic nitrogens is 2. The van der Waals surface area contributed by atoms with Crippen LogP contribution in [-0.4, -0.2) is 40.4 Å². The third kappa shape index (κ3) is 3.18.